The summed E-state index contributed by atoms with van der Waals surface area (Å²) in [6.45, 7) is 11.0. The monoisotopic (exact) mass is 645 g/mol. The van der Waals surface area contributed by atoms with Crippen molar-refractivity contribution in [3.63, 3.8) is 0 Å². The minimum Gasteiger partial charge on any atom is -0.490 e. The number of hydrogen-bond donors (Lipinski definition) is 1. The third-order valence-corrected chi connectivity index (χ3v) is 8.95. The van der Waals surface area contributed by atoms with Crippen LogP contribution in [0.5, 0.6) is 11.5 Å². The van der Waals surface area contributed by atoms with Gasteiger partial charge in [0, 0.05) is 56.9 Å². The molecule has 40 heavy (non-hydrogen) atoms. The fourth-order valence-corrected chi connectivity index (χ4v) is 7.21. The van der Waals surface area contributed by atoms with Gasteiger partial charge in [0.05, 0.1) is 11.1 Å². The minimum absolute atomic E-state index is 0.0831. The Morgan fingerprint density at radius 1 is 0.900 bits per heavy atom. The predicted molar refractivity (Wildman–Crippen MR) is 162 cm³/mol. The number of carbonyl (C=O) groups is 2. The van der Waals surface area contributed by atoms with E-state index in [9.17, 15) is 9.59 Å². The van der Waals surface area contributed by atoms with Crippen molar-refractivity contribution in [3.8, 4) is 11.5 Å². The number of dihydropyridines is 1. The summed E-state index contributed by atoms with van der Waals surface area (Å²) in [6, 6.07) is 9.15. The first-order valence-electron chi connectivity index (χ1n) is 13.6. The van der Waals surface area contributed by atoms with E-state index in [-0.39, 0.29) is 29.0 Å². The Labute approximate surface area is 254 Å². The molecule has 2 aliphatic carbocycles. The van der Waals surface area contributed by atoms with E-state index in [1.54, 1.807) is 12.1 Å². The molecule has 0 bridgehead atoms. The van der Waals surface area contributed by atoms with Crippen molar-refractivity contribution in [1.82, 2.24) is 5.32 Å². The van der Waals surface area contributed by atoms with E-state index >= 15 is 0 Å². The van der Waals surface area contributed by atoms with Crippen LogP contribution in [0.3, 0.4) is 0 Å². The van der Waals surface area contributed by atoms with E-state index in [0.29, 0.717) is 56.6 Å². The molecule has 212 valence electrons. The molecule has 0 saturated heterocycles. The number of allylic oxidation sites excluding steroid dienone is 4. The largest absolute Gasteiger partial charge is 0.490 e. The summed E-state index contributed by atoms with van der Waals surface area (Å²) in [5.41, 5.74) is 4.57. The molecule has 1 heterocycles. The van der Waals surface area contributed by atoms with E-state index in [4.69, 9.17) is 32.7 Å². The average Bonchev–Trinajstić information content (AvgIpc) is 2.81. The van der Waals surface area contributed by atoms with Crippen LogP contribution in [0, 0.1) is 10.8 Å². The van der Waals surface area contributed by atoms with E-state index < -0.39 is 5.92 Å². The van der Waals surface area contributed by atoms with Crippen LogP contribution in [0.25, 0.3) is 0 Å². The predicted octanol–water partition coefficient (Wildman–Crippen LogP) is 8.71. The van der Waals surface area contributed by atoms with Crippen molar-refractivity contribution in [2.24, 2.45) is 10.8 Å². The van der Waals surface area contributed by atoms with Gasteiger partial charge in [0.15, 0.2) is 23.1 Å². The summed E-state index contributed by atoms with van der Waals surface area (Å²) < 4.78 is 12.9. The quantitative estimate of drug-likeness (QED) is 0.340. The molecule has 0 spiro atoms. The highest BCUT2D eigenvalue weighted by atomic mass is 79.9. The Hall–Kier alpha value is -2.28. The second kappa shape index (κ2) is 10.8. The maximum atomic E-state index is 13.7. The van der Waals surface area contributed by atoms with Crippen LogP contribution in [-0.2, 0) is 16.2 Å². The molecule has 2 aromatic carbocycles. The van der Waals surface area contributed by atoms with Gasteiger partial charge in [0.1, 0.15) is 6.61 Å². The minimum atomic E-state index is -0.464. The SMILES string of the molecule is CCOc1cc(C2C3=C(CC(C)(C)CC3=O)NC3=C2C(=O)CC(C)(C)C3)cc(Br)c1OCc1ccc(Cl)cc1Cl. The van der Waals surface area contributed by atoms with Gasteiger partial charge in [-0.3, -0.25) is 9.59 Å². The number of carbonyl (C=O) groups excluding carboxylic acids is 2. The van der Waals surface area contributed by atoms with Crippen molar-refractivity contribution in [1.29, 1.82) is 0 Å². The lowest BCUT2D eigenvalue weighted by Crippen LogP contribution is -2.42. The lowest BCUT2D eigenvalue weighted by atomic mass is 9.64. The van der Waals surface area contributed by atoms with Crippen LogP contribution in [0.15, 0.2) is 57.3 Å². The highest BCUT2D eigenvalue weighted by molar-refractivity contribution is 9.10. The molecule has 0 atom stereocenters. The van der Waals surface area contributed by atoms with Crippen LogP contribution >= 0.6 is 39.1 Å². The summed E-state index contributed by atoms with van der Waals surface area (Å²) in [5.74, 6) is 0.765. The molecule has 3 aliphatic rings. The molecule has 2 aromatic rings. The van der Waals surface area contributed by atoms with E-state index in [1.165, 1.54) is 0 Å². The van der Waals surface area contributed by atoms with Gasteiger partial charge in [-0.15, -0.1) is 0 Å². The lowest BCUT2D eigenvalue weighted by molar-refractivity contribution is -0.119. The molecule has 1 N–H and O–H groups in total. The van der Waals surface area contributed by atoms with Crippen LogP contribution < -0.4 is 14.8 Å². The number of ether oxygens (including phenoxy) is 2. The summed E-state index contributed by atoms with van der Waals surface area (Å²) in [5, 5.41) is 4.64. The summed E-state index contributed by atoms with van der Waals surface area (Å²) in [4.78, 5) is 27.4. The summed E-state index contributed by atoms with van der Waals surface area (Å²) in [6.07, 6.45) is 2.38. The van der Waals surface area contributed by atoms with Gasteiger partial charge < -0.3 is 14.8 Å². The fraction of sp³-hybridized carbons (Fsp3) is 0.438. The van der Waals surface area contributed by atoms with Crippen LogP contribution in [0.2, 0.25) is 10.0 Å². The third kappa shape index (κ3) is 5.73. The van der Waals surface area contributed by atoms with Crippen LogP contribution in [0.1, 0.15) is 77.3 Å². The molecule has 0 unspecified atom stereocenters. The normalized spacial score (nSPS) is 20.2. The van der Waals surface area contributed by atoms with Gasteiger partial charge in [-0.25, -0.2) is 0 Å². The fourth-order valence-electron chi connectivity index (χ4n) is 6.17. The number of Topliss-reactive ketones (excluding diaryl/α,β-unsaturated/α-hetero) is 2. The molecular formula is C32H34BrCl2NO4. The van der Waals surface area contributed by atoms with Gasteiger partial charge in [-0.05, 0) is 76.4 Å². The second-order valence-electron chi connectivity index (χ2n) is 12.5. The first-order chi connectivity index (χ1) is 18.8. The number of nitrogens with one attached hydrogen (secondary N) is 1. The van der Waals surface area contributed by atoms with Gasteiger partial charge >= 0.3 is 0 Å². The molecule has 8 heteroatoms. The zero-order chi connectivity index (χ0) is 29.0. The zero-order valence-electron chi connectivity index (χ0n) is 23.5. The van der Waals surface area contributed by atoms with Gasteiger partial charge in [-0.1, -0.05) is 57.0 Å². The second-order valence-corrected chi connectivity index (χ2v) is 14.2. The maximum Gasteiger partial charge on any atom is 0.175 e. The smallest absolute Gasteiger partial charge is 0.175 e. The molecule has 0 saturated carbocycles. The molecule has 5 rings (SSSR count). The highest BCUT2D eigenvalue weighted by Gasteiger charge is 2.46. The molecule has 1 aliphatic heterocycles. The van der Waals surface area contributed by atoms with Crippen molar-refractivity contribution in [2.75, 3.05) is 6.61 Å². The molecule has 0 radical (unpaired) electrons. The number of rotatable bonds is 6. The van der Waals surface area contributed by atoms with Crippen molar-refractivity contribution < 1.29 is 19.1 Å². The molecule has 5 nitrogen and oxygen atoms in total. The molecule has 0 aromatic heterocycles. The number of halogens is 3. The van der Waals surface area contributed by atoms with Crippen LogP contribution in [0.4, 0.5) is 0 Å². The Kier molecular flexibility index (Phi) is 7.92. The van der Waals surface area contributed by atoms with Crippen molar-refractivity contribution in [2.45, 2.75) is 72.8 Å². The Morgan fingerprint density at radius 3 is 2.05 bits per heavy atom. The first kappa shape index (κ1) is 29.2. The highest BCUT2D eigenvalue weighted by Crippen LogP contribution is 2.52. The number of hydrogen-bond acceptors (Lipinski definition) is 5. The number of ketones is 2. The third-order valence-electron chi connectivity index (χ3n) is 7.77. The van der Waals surface area contributed by atoms with Gasteiger partial charge in [0.2, 0.25) is 0 Å². The molecule has 0 amide bonds. The first-order valence-corrected chi connectivity index (χ1v) is 15.2. The molecular weight excluding hydrogens is 613 g/mol. The summed E-state index contributed by atoms with van der Waals surface area (Å²) >= 11 is 16.1. The van der Waals surface area contributed by atoms with E-state index in [1.807, 2.05) is 25.1 Å². The number of benzene rings is 2. The lowest BCUT2D eigenvalue weighted by Gasteiger charge is -2.44. The standard InChI is InChI=1S/C32H34BrCl2NO4/c1-6-39-26-10-18(9-20(33)30(26)40-16-17-7-8-19(34)11-21(17)35)27-28-22(12-31(2,3)14-24(28)37)36-23-13-32(4,5)15-25(38)29(23)27/h7-11,27,36H,6,12-16H2,1-5H3. The zero-order valence-corrected chi connectivity index (χ0v) is 26.6. The molecule has 0 fully saturated rings. The Morgan fingerprint density at radius 2 is 1.50 bits per heavy atom. The van der Waals surface area contributed by atoms with Crippen molar-refractivity contribution in [3.05, 3.63) is 78.5 Å². The topological polar surface area (TPSA) is 64.6 Å². The van der Waals surface area contributed by atoms with Crippen LogP contribution in [-0.4, -0.2) is 18.2 Å². The Balaban J connectivity index is 1.61. The van der Waals surface area contributed by atoms with Gasteiger partial charge in [-0.2, -0.15) is 0 Å². The van der Waals surface area contributed by atoms with E-state index in [2.05, 4.69) is 48.9 Å². The summed E-state index contributed by atoms with van der Waals surface area (Å²) in [7, 11) is 0. The Bertz CT molecular complexity index is 1420. The van der Waals surface area contributed by atoms with Gasteiger partial charge in [0.25, 0.3) is 0 Å². The average molecular weight is 647 g/mol. The maximum absolute atomic E-state index is 13.7. The van der Waals surface area contributed by atoms with E-state index in [0.717, 1.165) is 35.4 Å². The van der Waals surface area contributed by atoms with Crippen molar-refractivity contribution >= 4 is 50.7 Å².